The van der Waals surface area contributed by atoms with Crippen LogP contribution in [0.15, 0.2) is 82.8 Å². The summed E-state index contributed by atoms with van der Waals surface area (Å²) >= 11 is 1.81. The van der Waals surface area contributed by atoms with Crippen molar-refractivity contribution in [2.24, 2.45) is 17.8 Å². The molecule has 2 aromatic carbocycles. The van der Waals surface area contributed by atoms with E-state index in [1.54, 1.807) is 11.1 Å². The molecule has 4 nitrogen and oxygen atoms in total. The Morgan fingerprint density at radius 2 is 1.44 bits per heavy atom. The standard InChI is InChI=1S/C38H48N4S/c1-4-11-37-30(6-1)27-42(33-9-5-10-33)28-38(37,31-7-2-3-8-31)32-18-22-40(23-19-32)24-29-25-41(26-29)34-12-14-35(15-13-34)43-36-16-20-39-21-17-36/h1,4,6,11-17,20-21,29,31-33H,2-3,5,7-10,18-19,22-28H2. The van der Waals surface area contributed by atoms with Crippen LogP contribution in [0.4, 0.5) is 5.69 Å². The lowest BCUT2D eigenvalue weighted by molar-refractivity contribution is 0.00348. The molecule has 4 heterocycles. The molecule has 2 saturated heterocycles. The van der Waals surface area contributed by atoms with E-state index >= 15 is 0 Å². The second-order valence-corrected chi connectivity index (χ2v) is 15.4. The number of benzene rings is 2. The second-order valence-electron chi connectivity index (χ2n) is 14.3. The Labute approximate surface area is 263 Å². The van der Waals surface area contributed by atoms with E-state index in [0.717, 1.165) is 23.8 Å². The van der Waals surface area contributed by atoms with Crippen LogP contribution in [0.2, 0.25) is 0 Å². The van der Waals surface area contributed by atoms with Crippen LogP contribution in [0.5, 0.6) is 0 Å². The van der Waals surface area contributed by atoms with Gasteiger partial charge in [-0.3, -0.25) is 9.88 Å². The van der Waals surface area contributed by atoms with Gasteiger partial charge in [0.05, 0.1) is 0 Å². The second kappa shape index (κ2) is 12.2. The van der Waals surface area contributed by atoms with Crippen LogP contribution in [0.25, 0.3) is 0 Å². The Kier molecular flexibility index (Phi) is 8.00. The summed E-state index contributed by atoms with van der Waals surface area (Å²) in [6.07, 6.45) is 16.6. The van der Waals surface area contributed by atoms with Gasteiger partial charge in [-0.25, -0.2) is 0 Å². The van der Waals surface area contributed by atoms with Crippen molar-refractivity contribution in [3.8, 4) is 0 Å². The molecule has 1 unspecified atom stereocenters. The first-order chi connectivity index (χ1) is 21.2. The third-order valence-corrected chi connectivity index (χ3v) is 12.9. The van der Waals surface area contributed by atoms with Gasteiger partial charge in [0, 0.05) is 78.0 Å². The lowest BCUT2D eigenvalue weighted by Gasteiger charge is -2.56. The molecular weight excluding hydrogens is 545 g/mol. The van der Waals surface area contributed by atoms with E-state index in [0.29, 0.717) is 5.41 Å². The SMILES string of the molecule is c1ccc2c(c1)CN(C1CCC1)CC2(C1CCCC1)C1CCN(CC2CN(c3ccc(Sc4ccncc4)cc3)C2)CC1. The lowest BCUT2D eigenvalue weighted by atomic mass is 9.56. The van der Waals surface area contributed by atoms with Crippen LogP contribution in [0.1, 0.15) is 68.9 Å². The number of pyridine rings is 1. The molecule has 0 radical (unpaired) electrons. The van der Waals surface area contributed by atoms with Crippen molar-refractivity contribution >= 4 is 17.4 Å². The van der Waals surface area contributed by atoms with Gasteiger partial charge in [-0.1, -0.05) is 55.3 Å². The first-order valence-electron chi connectivity index (χ1n) is 17.2. The van der Waals surface area contributed by atoms with Crippen LogP contribution >= 0.6 is 11.8 Å². The summed E-state index contributed by atoms with van der Waals surface area (Å²) in [6, 6.07) is 23.9. The van der Waals surface area contributed by atoms with Crippen LogP contribution < -0.4 is 4.90 Å². The fraction of sp³-hybridized carbons (Fsp3) is 0.553. The minimum Gasteiger partial charge on any atom is -0.371 e. The van der Waals surface area contributed by atoms with Crippen LogP contribution in [0.3, 0.4) is 0 Å². The van der Waals surface area contributed by atoms with Crippen molar-refractivity contribution in [1.29, 1.82) is 0 Å². The summed E-state index contributed by atoms with van der Waals surface area (Å²) in [4.78, 5) is 15.0. The van der Waals surface area contributed by atoms with Gasteiger partial charge in [0.2, 0.25) is 0 Å². The highest BCUT2D eigenvalue weighted by molar-refractivity contribution is 7.99. The van der Waals surface area contributed by atoms with Gasteiger partial charge >= 0.3 is 0 Å². The average molecular weight is 593 g/mol. The molecule has 226 valence electrons. The van der Waals surface area contributed by atoms with E-state index in [1.807, 2.05) is 24.2 Å². The predicted octanol–water partition coefficient (Wildman–Crippen LogP) is 7.88. The zero-order valence-electron chi connectivity index (χ0n) is 25.7. The molecule has 43 heavy (non-hydrogen) atoms. The smallest absolute Gasteiger partial charge is 0.0367 e. The molecule has 5 aliphatic rings. The minimum atomic E-state index is 0.377. The maximum absolute atomic E-state index is 4.13. The molecule has 2 aliphatic carbocycles. The maximum atomic E-state index is 4.13. The third kappa shape index (κ3) is 5.55. The topological polar surface area (TPSA) is 22.6 Å². The predicted molar refractivity (Wildman–Crippen MR) is 178 cm³/mol. The number of rotatable bonds is 8. The molecule has 5 heteroatoms. The van der Waals surface area contributed by atoms with Crippen molar-refractivity contribution in [3.05, 3.63) is 84.2 Å². The molecule has 0 spiro atoms. The number of aromatic nitrogens is 1. The molecule has 4 fully saturated rings. The first-order valence-corrected chi connectivity index (χ1v) is 18.0. The van der Waals surface area contributed by atoms with Gasteiger partial charge in [0.1, 0.15) is 0 Å². The lowest BCUT2D eigenvalue weighted by Crippen LogP contribution is -2.59. The number of fused-ring (bicyclic) bond motifs is 1. The van der Waals surface area contributed by atoms with Gasteiger partial charge in [0.15, 0.2) is 0 Å². The third-order valence-electron chi connectivity index (χ3n) is 11.9. The quantitative estimate of drug-likeness (QED) is 0.265. The van der Waals surface area contributed by atoms with Gasteiger partial charge in [0.25, 0.3) is 0 Å². The van der Waals surface area contributed by atoms with Gasteiger partial charge in [-0.15, -0.1) is 0 Å². The number of nitrogens with zero attached hydrogens (tertiary/aromatic N) is 4. The van der Waals surface area contributed by atoms with E-state index in [9.17, 15) is 0 Å². The molecular formula is C38H48N4S. The summed E-state index contributed by atoms with van der Waals surface area (Å²) in [5, 5.41) is 0. The number of likely N-dealkylation sites (tertiary alicyclic amines) is 1. The molecule has 2 saturated carbocycles. The molecule has 0 amide bonds. The summed E-state index contributed by atoms with van der Waals surface area (Å²) in [5.41, 5.74) is 5.17. The van der Waals surface area contributed by atoms with Crippen molar-refractivity contribution < 1.29 is 0 Å². The van der Waals surface area contributed by atoms with Crippen molar-refractivity contribution in [2.45, 2.75) is 85.6 Å². The zero-order valence-corrected chi connectivity index (χ0v) is 26.6. The minimum absolute atomic E-state index is 0.377. The molecule has 1 aromatic heterocycles. The first kappa shape index (κ1) is 28.2. The molecule has 3 aromatic rings. The fourth-order valence-electron chi connectivity index (χ4n) is 9.45. The van der Waals surface area contributed by atoms with E-state index in [-0.39, 0.29) is 0 Å². The summed E-state index contributed by atoms with van der Waals surface area (Å²) in [5.74, 6) is 2.51. The van der Waals surface area contributed by atoms with E-state index in [2.05, 4.69) is 80.3 Å². The van der Waals surface area contributed by atoms with E-state index < -0.39 is 0 Å². The normalized spacial score (nSPS) is 26.3. The Bertz CT molecular complexity index is 1350. The highest BCUT2D eigenvalue weighted by atomic mass is 32.2. The van der Waals surface area contributed by atoms with Gasteiger partial charge in [-0.05, 0) is 111 Å². The molecule has 0 N–H and O–H groups in total. The summed E-state index contributed by atoms with van der Waals surface area (Å²) in [7, 11) is 0. The van der Waals surface area contributed by atoms with Gasteiger partial charge < -0.3 is 9.80 Å². The van der Waals surface area contributed by atoms with Crippen LogP contribution in [-0.4, -0.2) is 60.1 Å². The average Bonchev–Trinajstić information content (AvgIpc) is 3.55. The maximum Gasteiger partial charge on any atom is 0.0367 e. The van der Waals surface area contributed by atoms with Crippen molar-refractivity contribution in [2.75, 3.05) is 44.2 Å². The van der Waals surface area contributed by atoms with Crippen molar-refractivity contribution in [3.63, 3.8) is 0 Å². The molecule has 3 aliphatic heterocycles. The van der Waals surface area contributed by atoms with Crippen LogP contribution in [-0.2, 0) is 12.0 Å². The molecule has 8 rings (SSSR count). The Morgan fingerprint density at radius 3 is 2.16 bits per heavy atom. The van der Waals surface area contributed by atoms with E-state index in [1.165, 1.54) is 119 Å². The number of hydrogen-bond donors (Lipinski definition) is 0. The monoisotopic (exact) mass is 592 g/mol. The number of piperidine rings is 1. The largest absolute Gasteiger partial charge is 0.371 e. The summed E-state index contributed by atoms with van der Waals surface area (Å²) < 4.78 is 0. The number of anilines is 1. The highest BCUT2D eigenvalue weighted by Gasteiger charge is 2.52. The highest BCUT2D eigenvalue weighted by Crippen LogP contribution is 2.54. The Morgan fingerprint density at radius 1 is 0.744 bits per heavy atom. The van der Waals surface area contributed by atoms with E-state index in [4.69, 9.17) is 0 Å². The molecule has 1 atom stereocenters. The Hall–Kier alpha value is -2.34. The molecule has 0 bridgehead atoms. The van der Waals surface area contributed by atoms with Crippen LogP contribution in [0, 0.1) is 17.8 Å². The fourth-order valence-corrected chi connectivity index (χ4v) is 10.3. The van der Waals surface area contributed by atoms with Crippen molar-refractivity contribution in [1.82, 2.24) is 14.8 Å². The Balaban J connectivity index is 0.896. The van der Waals surface area contributed by atoms with Gasteiger partial charge in [-0.2, -0.15) is 0 Å². The summed E-state index contributed by atoms with van der Waals surface area (Å²) in [6.45, 7) is 8.80. The zero-order chi connectivity index (χ0) is 28.6. The number of hydrogen-bond acceptors (Lipinski definition) is 5.